The van der Waals surface area contributed by atoms with Crippen molar-refractivity contribution in [2.45, 2.75) is 39.9 Å². The number of nitrogens with zero attached hydrogens (tertiary/aromatic N) is 4. The van der Waals surface area contributed by atoms with Gasteiger partial charge in [-0.05, 0) is 159 Å². The van der Waals surface area contributed by atoms with Crippen LogP contribution in [0.15, 0.2) is 309 Å². The Morgan fingerprint density at radius 1 is 0.474 bits per heavy atom. The van der Waals surface area contributed by atoms with E-state index in [2.05, 4.69) is 39.2 Å². The van der Waals surface area contributed by atoms with Crippen LogP contribution in [-0.2, 0) is 26.5 Å². The van der Waals surface area contributed by atoms with Gasteiger partial charge in [0.2, 0.25) is 0 Å². The zero-order chi connectivity index (χ0) is 90.5. The molecule has 4 heterocycles. The molecule has 0 aliphatic carbocycles. The number of aromatic nitrogens is 4. The summed E-state index contributed by atoms with van der Waals surface area (Å²) in [7, 11) is -6.51. The Bertz CT molecular complexity index is 7160. The second kappa shape index (κ2) is 24.6. The zero-order valence-corrected chi connectivity index (χ0v) is 54.9. The van der Waals surface area contributed by atoms with E-state index in [4.69, 9.17) is 17.9 Å². The Kier molecular flexibility index (Phi) is 9.19. The third-order valence-corrected chi connectivity index (χ3v) is 21.5. The van der Waals surface area contributed by atoms with Crippen molar-refractivity contribution in [1.82, 2.24) is 14.1 Å². The normalized spacial score (nSPS) is 16.5. The van der Waals surface area contributed by atoms with Gasteiger partial charge in [0.25, 0.3) is 6.33 Å². The van der Waals surface area contributed by atoms with Crippen LogP contribution in [0.1, 0.15) is 78.6 Å². The predicted molar refractivity (Wildman–Crippen MR) is 398 cm³/mol. The van der Waals surface area contributed by atoms with Gasteiger partial charge >= 0.3 is 0 Å². The van der Waals surface area contributed by atoms with E-state index < -0.39 is 204 Å². The van der Waals surface area contributed by atoms with Crippen LogP contribution in [-0.4, -0.2) is 22.2 Å². The minimum atomic E-state index is -6.51. The maximum Gasteiger partial charge on any atom is 0.268 e. The number of ether oxygens (including phenoxy) is 1. The Balaban J connectivity index is 0.0000119. The van der Waals surface area contributed by atoms with Crippen molar-refractivity contribution in [3.63, 3.8) is 0 Å². The van der Waals surface area contributed by atoms with Gasteiger partial charge < -0.3 is 13.9 Å². The summed E-state index contributed by atoms with van der Waals surface area (Å²) in [6, 6.07) is 24.3. The van der Waals surface area contributed by atoms with Crippen molar-refractivity contribution < 1.29 is 71.5 Å². The van der Waals surface area contributed by atoms with Crippen molar-refractivity contribution in [3.05, 3.63) is 344 Å². The third-order valence-electron chi connectivity index (χ3n) is 17.5. The number of benzene rings is 13. The Hall–Kier alpha value is -11.0. The van der Waals surface area contributed by atoms with Crippen LogP contribution in [0.3, 0.4) is 0 Å². The van der Waals surface area contributed by atoms with Gasteiger partial charge in [0, 0.05) is 52.5 Å². The van der Waals surface area contributed by atoms with Crippen LogP contribution in [0.2, 0.25) is 0 Å². The van der Waals surface area contributed by atoms with E-state index in [0.717, 1.165) is 21.9 Å². The molecule has 0 unspecified atom stereocenters. The number of hydrogen-bond donors (Lipinski definition) is 0. The summed E-state index contributed by atoms with van der Waals surface area (Å²) in [5.41, 5.74) is 0.645. The van der Waals surface area contributed by atoms with E-state index in [1.165, 1.54) is 51.6 Å². The first kappa shape index (κ1) is 36.2. The average molecular weight is 1470 g/mol. The van der Waals surface area contributed by atoms with Crippen LogP contribution in [0.5, 0.6) is 11.5 Å². The van der Waals surface area contributed by atoms with Crippen LogP contribution in [0, 0.1) is 32.2 Å². The van der Waals surface area contributed by atoms with E-state index in [9.17, 15) is 32.9 Å². The Labute approximate surface area is 624 Å². The Morgan fingerprint density at radius 2 is 1.07 bits per heavy atom. The van der Waals surface area contributed by atoms with Gasteiger partial charge in [-0.1, -0.05) is 274 Å². The van der Waals surface area contributed by atoms with Crippen molar-refractivity contribution in [2.24, 2.45) is 0 Å². The molecule has 16 aromatic rings. The van der Waals surface area contributed by atoms with Gasteiger partial charge in [0.1, 0.15) is 5.82 Å². The van der Waals surface area contributed by atoms with Crippen molar-refractivity contribution in [2.75, 3.05) is 0 Å². The smallest absolute Gasteiger partial charge is 0.268 e. The standard InChI is InChI=1S/C90H66N4OSi.Pt/c1-60-27-22-28-61(2)86(60)80-47-26-46-79-78-45-25-44-73(62-29-10-6-11-30-62)87(78)77-43-19-18-41-74(77)81-54-64(63-31-23-40-72(53-63)96(69-34-12-7-13-35-69,70-36-14-8-15-37-70)71-38-16-9-17-39-71)55-84-89(81)93(88(79)80)59-92(84)66-32-24-33-67(57-66)95-68-49-50-76-75-42-20-21-48-82(75)94(83(76)58-68)85-56-65(51-52-91-85)90(3,4)5;/h6-56H,1-5H3;/q-2;/i1D3,2D3,6D,7D,8D,9D,10D,11D,12D,13D,14D,15D,16D,17D,23D,29D,30D,31D,34D,35D,36D,37D,38D,39D,40D,53D;. The SMILES string of the molecule is [2H]c1c([2H])c([2H])c(-c2cccc3c2-c2ccccc2-c2cc(-c4c([2H])c([2H])c([2H])c([Si](c5c([2H])c([2H])c([2H])c([2H])c5[2H])(c5c([2H])c([2H])c([2H])c([2H])c5[2H])c5c([2H])c([2H])c([2H])c([2H])c5[2H])c4[2H])cc4c2[n+]([c-]n4-c2[c-]c(Oc4[c-]c5c(cc4)c4ccccc4n5-c4cc(C(C)(C)C)ccn4)ccc2)-c2c-3cccc2-c2c(C([2H])([2H])[2H])cccc2C([2H])([2H])[2H])c([2H])c1[2H].[Pt]. The first-order valence-electron chi connectivity index (χ1n) is 45.5. The summed E-state index contributed by atoms with van der Waals surface area (Å²) in [6.45, 7) is 0.150. The minimum absolute atomic E-state index is 0. The number of para-hydroxylation sites is 2. The summed E-state index contributed by atoms with van der Waals surface area (Å²) in [5.74, 6) is 0.822. The number of pyridine rings is 1. The molecule has 468 valence electrons. The number of imidazole rings is 1. The fourth-order valence-electron chi connectivity index (χ4n) is 13.2. The molecular formula is C90H66N4OPtSi-2. The molecule has 5 nitrogen and oxygen atoms in total. The second-order valence-electron chi connectivity index (χ2n) is 24.0. The molecule has 0 fully saturated rings. The van der Waals surface area contributed by atoms with E-state index in [0.29, 0.717) is 11.3 Å². The number of hydrogen-bond acceptors (Lipinski definition) is 2. The van der Waals surface area contributed by atoms with Crippen molar-refractivity contribution >= 4 is 61.7 Å². The van der Waals surface area contributed by atoms with E-state index >= 15 is 0 Å². The van der Waals surface area contributed by atoms with Crippen LogP contribution >= 0.6 is 0 Å². The Morgan fingerprint density at radius 3 is 1.78 bits per heavy atom. The van der Waals surface area contributed by atoms with Gasteiger partial charge in [-0.25, -0.2) is 4.98 Å². The first-order chi connectivity index (χ1) is 59.5. The maximum absolute atomic E-state index is 11.2. The zero-order valence-electron chi connectivity index (χ0n) is 81.6. The van der Waals surface area contributed by atoms with Crippen LogP contribution in [0.25, 0.3) is 117 Å². The molecule has 0 atom stereocenters. The maximum atomic E-state index is 11.2. The van der Waals surface area contributed by atoms with Crippen LogP contribution in [0.4, 0.5) is 0 Å². The number of fused-ring (bicyclic) bond motifs is 10. The van der Waals surface area contributed by atoms with E-state index in [-0.39, 0.29) is 122 Å². The summed E-state index contributed by atoms with van der Waals surface area (Å²) in [4.78, 5) is 4.85. The molecule has 0 radical (unpaired) electrons. The number of aryl methyl sites for hydroxylation is 2. The minimum Gasteiger partial charge on any atom is -0.510 e. The fraction of sp³-hybridized carbons (Fsp3) is 0.0667. The van der Waals surface area contributed by atoms with Crippen molar-refractivity contribution in [1.29, 1.82) is 0 Å². The summed E-state index contributed by atoms with van der Waals surface area (Å²) < 4.78 is 298. The quantitative estimate of drug-likeness (QED) is 0.0560. The van der Waals surface area contributed by atoms with Gasteiger partial charge in [-0.3, -0.25) is 4.57 Å². The molecule has 17 rings (SSSR count). The number of rotatable bonds is 11. The fourth-order valence-corrected chi connectivity index (χ4v) is 16.8. The average Bonchev–Trinajstić information content (AvgIpc) is 1.24. The molecule has 0 saturated heterocycles. The summed E-state index contributed by atoms with van der Waals surface area (Å²) in [6.07, 6.45) is 5.28. The van der Waals surface area contributed by atoms with Gasteiger partial charge in [0.05, 0.1) is 49.6 Å². The topological polar surface area (TPSA) is 35.9 Å². The second-order valence-corrected chi connectivity index (χ2v) is 27.5. The van der Waals surface area contributed by atoms with E-state index in [1.54, 1.807) is 79.0 Å². The van der Waals surface area contributed by atoms with Crippen LogP contribution < -0.4 is 30.1 Å². The molecular weight excluding hydrogens is 1380 g/mol. The molecule has 0 N–H and O–H groups in total. The molecule has 97 heavy (non-hydrogen) atoms. The molecule has 1 aliphatic heterocycles. The largest absolute Gasteiger partial charge is 0.510 e. The molecule has 3 aromatic heterocycles. The third kappa shape index (κ3) is 10.3. The monoisotopic (exact) mass is 1470 g/mol. The predicted octanol–water partition coefficient (Wildman–Crippen LogP) is 19.2. The molecule has 1 aliphatic rings. The molecule has 0 spiro atoms. The van der Waals surface area contributed by atoms with Crippen molar-refractivity contribution in [3.8, 4) is 95.5 Å². The van der Waals surface area contributed by atoms with Gasteiger partial charge in [-0.15, -0.1) is 29.7 Å². The van der Waals surface area contributed by atoms with Gasteiger partial charge in [-0.2, -0.15) is 18.2 Å². The molecule has 0 amide bonds. The molecule has 7 heteroatoms. The first-order valence-corrected chi connectivity index (χ1v) is 32.5. The summed E-state index contributed by atoms with van der Waals surface area (Å²) in [5, 5.41) is -2.65. The summed E-state index contributed by atoms with van der Waals surface area (Å²) >= 11 is 0. The van der Waals surface area contributed by atoms with E-state index in [1.807, 2.05) is 47.0 Å². The molecule has 0 saturated carbocycles. The molecule has 13 aromatic carbocycles. The van der Waals surface area contributed by atoms with Gasteiger partial charge in [0.15, 0.2) is 8.07 Å². The molecule has 0 bridgehead atoms.